The Hall–Kier alpha value is -3.68. The van der Waals surface area contributed by atoms with E-state index in [0.717, 1.165) is 10.1 Å². The zero-order valence-corrected chi connectivity index (χ0v) is 16.0. The molecule has 1 N–H and O–H groups in total. The number of amides is 1. The highest BCUT2D eigenvalue weighted by Gasteiger charge is 2.15. The Bertz CT molecular complexity index is 1150. The van der Waals surface area contributed by atoms with Crippen molar-refractivity contribution in [2.45, 2.75) is 19.5 Å². The summed E-state index contributed by atoms with van der Waals surface area (Å²) >= 11 is 0. The van der Waals surface area contributed by atoms with E-state index in [1.807, 2.05) is 30.3 Å². The second kappa shape index (κ2) is 9.01. The number of carbonyl (C=O) groups excluding carboxylic acids is 2. The Morgan fingerprint density at radius 2 is 1.66 bits per heavy atom. The maximum Gasteiger partial charge on any atom is 0.331 e. The summed E-state index contributed by atoms with van der Waals surface area (Å²) in [6, 6.07) is 16.2. The average molecular weight is 395 g/mol. The summed E-state index contributed by atoms with van der Waals surface area (Å²) in [7, 11) is 1.22. The Kier molecular flexibility index (Phi) is 6.23. The monoisotopic (exact) mass is 395 g/mol. The van der Waals surface area contributed by atoms with Crippen LogP contribution in [0.3, 0.4) is 0 Å². The molecule has 3 aromatic rings. The van der Waals surface area contributed by atoms with E-state index in [0.29, 0.717) is 17.3 Å². The number of carbonyl (C=O) groups is 2. The topological polar surface area (TPSA) is 99.4 Å². The van der Waals surface area contributed by atoms with Gasteiger partial charge in [-0.15, -0.1) is 0 Å². The lowest BCUT2D eigenvalue weighted by Gasteiger charge is -2.14. The molecule has 0 unspecified atom stereocenters. The van der Waals surface area contributed by atoms with Crippen molar-refractivity contribution in [3.8, 4) is 0 Å². The molecule has 0 radical (unpaired) electrons. The smallest absolute Gasteiger partial charge is 0.331 e. The number of para-hydroxylation sites is 1. The highest BCUT2D eigenvalue weighted by Crippen LogP contribution is 2.08. The lowest BCUT2D eigenvalue weighted by atomic mass is 10.1. The first kappa shape index (κ1) is 20.1. The molecule has 3 rings (SSSR count). The van der Waals surface area contributed by atoms with E-state index >= 15 is 0 Å². The first-order valence-corrected chi connectivity index (χ1v) is 9.11. The molecule has 0 fully saturated rings. The molecule has 1 amide bonds. The molecular formula is C21H21N3O5. The quantitative estimate of drug-likeness (QED) is 0.594. The van der Waals surface area contributed by atoms with E-state index in [9.17, 15) is 19.2 Å². The predicted molar refractivity (Wildman–Crippen MR) is 108 cm³/mol. The third-order valence-electron chi connectivity index (χ3n) is 4.56. The molecule has 8 heteroatoms. The number of nitrogens with zero attached hydrogens (tertiary/aromatic N) is 2. The Balaban J connectivity index is 1.95. The Morgan fingerprint density at radius 1 is 0.966 bits per heavy atom. The summed E-state index contributed by atoms with van der Waals surface area (Å²) in [6.45, 7) is -0.423. The Labute approximate surface area is 166 Å². The first-order chi connectivity index (χ1) is 14.0. The first-order valence-electron chi connectivity index (χ1n) is 9.11. The number of rotatable bonds is 7. The van der Waals surface area contributed by atoms with Gasteiger partial charge in [0.05, 0.1) is 18.0 Å². The van der Waals surface area contributed by atoms with Crippen LogP contribution in [0.5, 0.6) is 0 Å². The van der Waals surface area contributed by atoms with Gasteiger partial charge in [0.1, 0.15) is 13.1 Å². The van der Waals surface area contributed by atoms with Gasteiger partial charge >= 0.3 is 11.7 Å². The third-order valence-corrected chi connectivity index (χ3v) is 4.56. The van der Waals surface area contributed by atoms with Crippen LogP contribution in [0.15, 0.2) is 64.2 Å². The van der Waals surface area contributed by atoms with E-state index in [1.165, 1.54) is 11.7 Å². The van der Waals surface area contributed by atoms with Crippen LogP contribution in [0.2, 0.25) is 0 Å². The van der Waals surface area contributed by atoms with Gasteiger partial charge in [0.25, 0.3) is 5.56 Å². The fourth-order valence-corrected chi connectivity index (χ4v) is 3.05. The molecule has 1 aromatic heterocycles. The second-order valence-corrected chi connectivity index (χ2v) is 6.43. The maximum absolute atomic E-state index is 13.0. The zero-order chi connectivity index (χ0) is 20.8. The summed E-state index contributed by atoms with van der Waals surface area (Å²) in [5, 5.41) is 2.75. The van der Waals surface area contributed by atoms with Crippen LogP contribution in [0, 0.1) is 0 Å². The molecule has 1 heterocycles. The largest absolute Gasteiger partial charge is 0.468 e. The van der Waals surface area contributed by atoms with Crippen molar-refractivity contribution in [3.05, 3.63) is 81.0 Å². The van der Waals surface area contributed by atoms with Crippen LogP contribution in [-0.2, 0) is 33.8 Å². The van der Waals surface area contributed by atoms with Gasteiger partial charge in [-0.25, -0.2) is 4.79 Å². The average Bonchev–Trinajstić information content (AvgIpc) is 2.75. The molecule has 0 bridgehead atoms. The number of aromatic nitrogens is 2. The molecule has 0 saturated heterocycles. The predicted octanol–water partition coefficient (Wildman–Crippen LogP) is 0.695. The fourth-order valence-electron chi connectivity index (χ4n) is 3.05. The standard InChI is InChI=1S/C21H21N3O5/c1-29-19(26)13-22-18(25)14-24-17-10-6-5-9-16(17)20(27)23(21(24)28)12-11-15-7-3-2-4-8-15/h2-10H,11-14H2,1H3,(H,22,25). The minimum absolute atomic E-state index is 0.191. The zero-order valence-electron chi connectivity index (χ0n) is 16.0. The van der Waals surface area contributed by atoms with Gasteiger partial charge < -0.3 is 10.1 Å². The number of benzene rings is 2. The van der Waals surface area contributed by atoms with Crippen molar-refractivity contribution in [1.29, 1.82) is 0 Å². The third kappa shape index (κ3) is 4.60. The number of aryl methyl sites for hydroxylation is 1. The van der Waals surface area contributed by atoms with Gasteiger partial charge in [0, 0.05) is 6.54 Å². The number of ether oxygens (including phenoxy) is 1. The number of methoxy groups -OCH3 is 1. The lowest BCUT2D eigenvalue weighted by molar-refractivity contribution is -0.141. The number of fused-ring (bicyclic) bond motifs is 1. The molecule has 150 valence electrons. The number of nitrogens with one attached hydrogen (secondary N) is 1. The lowest BCUT2D eigenvalue weighted by Crippen LogP contribution is -2.43. The summed E-state index contributed by atoms with van der Waals surface area (Å²) in [5.74, 6) is -1.13. The van der Waals surface area contributed by atoms with Crippen molar-refractivity contribution in [2.75, 3.05) is 13.7 Å². The van der Waals surface area contributed by atoms with Crippen LogP contribution in [0.1, 0.15) is 5.56 Å². The number of esters is 1. The molecule has 2 aromatic carbocycles. The molecule has 0 saturated carbocycles. The minimum Gasteiger partial charge on any atom is -0.468 e. The SMILES string of the molecule is COC(=O)CNC(=O)Cn1c(=O)n(CCc2ccccc2)c(=O)c2ccccc21. The number of hydrogen-bond acceptors (Lipinski definition) is 5. The summed E-state index contributed by atoms with van der Waals surface area (Å²) in [6.07, 6.45) is 0.503. The van der Waals surface area contributed by atoms with Crippen LogP contribution < -0.4 is 16.6 Å². The van der Waals surface area contributed by atoms with E-state index in [2.05, 4.69) is 10.1 Å². The summed E-state index contributed by atoms with van der Waals surface area (Å²) < 4.78 is 6.87. The van der Waals surface area contributed by atoms with Crippen LogP contribution in [0.4, 0.5) is 0 Å². The van der Waals surface area contributed by atoms with Gasteiger partial charge in [0.15, 0.2) is 0 Å². The summed E-state index contributed by atoms with van der Waals surface area (Å²) in [4.78, 5) is 49.3. The molecule has 0 aliphatic heterocycles. The number of hydrogen-bond donors (Lipinski definition) is 1. The van der Waals surface area contributed by atoms with Crippen molar-refractivity contribution in [2.24, 2.45) is 0 Å². The Morgan fingerprint density at radius 3 is 2.38 bits per heavy atom. The van der Waals surface area contributed by atoms with Crippen molar-refractivity contribution < 1.29 is 14.3 Å². The van der Waals surface area contributed by atoms with Gasteiger partial charge in [-0.1, -0.05) is 42.5 Å². The maximum atomic E-state index is 13.0. The molecule has 0 aliphatic carbocycles. The van der Waals surface area contributed by atoms with Crippen LogP contribution >= 0.6 is 0 Å². The van der Waals surface area contributed by atoms with E-state index in [1.54, 1.807) is 24.3 Å². The highest BCUT2D eigenvalue weighted by molar-refractivity contribution is 5.84. The van der Waals surface area contributed by atoms with Gasteiger partial charge in [-0.3, -0.25) is 23.5 Å². The molecule has 8 nitrogen and oxygen atoms in total. The highest BCUT2D eigenvalue weighted by atomic mass is 16.5. The van der Waals surface area contributed by atoms with Gasteiger partial charge in [0.2, 0.25) is 5.91 Å². The van der Waals surface area contributed by atoms with Crippen molar-refractivity contribution >= 4 is 22.8 Å². The fraction of sp³-hybridized carbons (Fsp3) is 0.238. The van der Waals surface area contributed by atoms with Gasteiger partial charge in [-0.2, -0.15) is 0 Å². The van der Waals surface area contributed by atoms with Gasteiger partial charge in [-0.05, 0) is 24.1 Å². The molecule has 0 spiro atoms. The van der Waals surface area contributed by atoms with Crippen molar-refractivity contribution in [3.63, 3.8) is 0 Å². The van der Waals surface area contributed by atoms with Crippen molar-refractivity contribution in [1.82, 2.24) is 14.5 Å². The summed E-state index contributed by atoms with van der Waals surface area (Å²) in [5.41, 5.74) is 0.395. The molecular weight excluding hydrogens is 374 g/mol. The van der Waals surface area contributed by atoms with E-state index in [4.69, 9.17) is 0 Å². The second-order valence-electron chi connectivity index (χ2n) is 6.43. The van der Waals surface area contributed by atoms with Crippen LogP contribution in [0.25, 0.3) is 10.9 Å². The normalized spacial score (nSPS) is 10.7. The van der Waals surface area contributed by atoms with Crippen LogP contribution in [-0.4, -0.2) is 34.7 Å². The molecule has 0 aliphatic rings. The minimum atomic E-state index is -0.594. The molecule has 29 heavy (non-hydrogen) atoms. The molecule has 0 atom stereocenters. The van der Waals surface area contributed by atoms with E-state index in [-0.39, 0.29) is 19.6 Å². The van der Waals surface area contributed by atoms with E-state index < -0.39 is 23.1 Å².